The largest absolute Gasteiger partial charge is 0.494 e. The van der Waals surface area contributed by atoms with Crippen LogP contribution in [0.2, 0.25) is 0 Å². The Balaban J connectivity index is 2.65. The van der Waals surface area contributed by atoms with E-state index in [0.29, 0.717) is 6.61 Å². The van der Waals surface area contributed by atoms with E-state index in [0.717, 1.165) is 27.9 Å². The SMILES string of the molecule is CCOc1ccc2[nH]c(C)c(C(C)(C)N)c2c1. The third-order valence-corrected chi connectivity index (χ3v) is 2.91. The highest BCUT2D eigenvalue weighted by atomic mass is 16.5. The van der Waals surface area contributed by atoms with E-state index in [4.69, 9.17) is 10.5 Å². The summed E-state index contributed by atoms with van der Waals surface area (Å²) in [5.41, 5.74) is 9.28. The van der Waals surface area contributed by atoms with Crippen LogP contribution in [0.15, 0.2) is 18.2 Å². The second kappa shape index (κ2) is 4.08. The third-order valence-electron chi connectivity index (χ3n) is 2.91. The van der Waals surface area contributed by atoms with Gasteiger partial charge in [0.1, 0.15) is 5.75 Å². The quantitative estimate of drug-likeness (QED) is 0.854. The van der Waals surface area contributed by atoms with Crippen molar-refractivity contribution in [3.63, 3.8) is 0 Å². The fourth-order valence-electron chi connectivity index (χ4n) is 2.39. The number of hydrogen-bond donors (Lipinski definition) is 2. The summed E-state index contributed by atoms with van der Waals surface area (Å²) in [4.78, 5) is 3.37. The van der Waals surface area contributed by atoms with Gasteiger partial charge in [-0.3, -0.25) is 0 Å². The van der Waals surface area contributed by atoms with Gasteiger partial charge in [0.15, 0.2) is 0 Å². The summed E-state index contributed by atoms with van der Waals surface area (Å²) in [7, 11) is 0. The summed E-state index contributed by atoms with van der Waals surface area (Å²) >= 11 is 0. The van der Waals surface area contributed by atoms with Gasteiger partial charge in [-0.15, -0.1) is 0 Å². The van der Waals surface area contributed by atoms with Crippen LogP contribution in [0.3, 0.4) is 0 Å². The molecule has 2 aromatic rings. The highest BCUT2D eigenvalue weighted by Gasteiger charge is 2.22. The molecule has 0 amide bonds. The summed E-state index contributed by atoms with van der Waals surface area (Å²) in [5.74, 6) is 0.893. The summed E-state index contributed by atoms with van der Waals surface area (Å²) in [6, 6.07) is 6.09. The Hall–Kier alpha value is -1.48. The van der Waals surface area contributed by atoms with Gasteiger partial charge in [0.2, 0.25) is 0 Å². The second-order valence-electron chi connectivity index (χ2n) is 4.99. The van der Waals surface area contributed by atoms with Crippen LogP contribution in [0.4, 0.5) is 0 Å². The number of aryl methyl sites for hydroxylation is 1. The molecular weight excluding hydrogens is 212 g/mol. The molecule has 17 heavy (non-hydrogen) atoms. The molecule has 92 valence electrons. The van der Waals surface area contributed by atoms with Crippen LogP contribution in [0.1, 0.15) is 32.0 Å². The monoisotopic (exact) mass is 232 g/mol. The lowest BCUT2D eigenvalue weighted by Crippen LogP contribution is -2.29. The summed E-state index contributed by atoms with van der Waals surface area (Å²) in [6.45, 7) is 8.77. The number of rotatable bonds is 3. The molecule has 1 aromatic heterocycles. The standard InChI is InChI=1S/C14H20N2O/c1-5-17-10-6-7-12-11(8-10)13(9(2)16-12)14(3,4)15/h6-8,16H,5,15H2,1-4H3. The van der Waals surface area contributed by atoms with Crippen LogP contribution < -0.4 is 10.5 Å². The van der Waals surface area contributed by atoms with E-state index in [1.165, 1.54) is 0 Å². The smallest absolute Gasteiger partial charge is 0.120 e. The van der Waals surface area contributed by atoms with Gasteiger partial charge >= 0.3 is 0 Å². The molecular formula is C14H20N2O. The average Bonchev–Trinajstić information content (AvgIpc) is 2.53. The molecule has 0 saturated carbocycles. The van der Waals surface area contributed by atoms with E-state index in [1.807, 2.05) is 32.9 Å². The Morgan fingerprint density at radius 2 is 2.06 bits per heavy atom. The fraction of sp³-hybridized carbons (Fsp3) is 0.429. The number of H-pyrrole nitrogens is 1. The maximum atomic E-state index is 6.23. The molecule has 3 heteroatoms. The number of benzene rings is 1. The first-order valence-electron chi connectivity index (χ1n) is 5.98. The second-order valence-corrected chi connectivity index (χ2v) is 4.99. The molecule has 0 radical (unpaired) electrons. The predicted octanol–water partition coefficient (Wildman–Crippen LogP) is 3.07. The minimum atomic E-state index is -0.354. The average molecular weight is 232 g/mol. The molecule has 0 aliphatic heterocycles. The van der Waals surface area contributed by atoms with Crippen LogP contribution in [0, 0.1) is 6.92 Å². The number of ether oxygens (including phenoxy) is 1. The van der Waals surface area contributed by atoms with Gasteiger partial charge in [0, 0.05) is 22.1 Å². The van der Waals surface area contributed by atoms with Crippen molar-refractivity contribution in [2.24, 2.45) is 5.73 Å². The van der Waals surface area contributed by atoms with Gasteiger partial charge < -0.3 is 15.5 Å². The normalized spacial score (nSPS) is 12.1. The van der Waals surface area contributed by atoms with Crippen LogP contribution in [-0.2, 0) is 5.54 Å². The Morgan fingerprint density at radius 3 is 2.65 bits per heavy atom. The van der Waals surface area contributed by atoms with Gasteiger partial charge in [-0.2, -0.15) is 0 Å². The third kappa shape index (κ3) is 2.15. The molecule has 0 saturated heterocycles. The van der Waals surface area contributed by atoms with Crippen molar-refractivity contribution in [2.45, 2.75) is 33.2 Å². The van der Waals surface area contributed by atoms with Crippen LogP contribution in [-0.4, -0.2) is 11.6 Å². The van der Waals surface area contributed by atoms with Crippen molar-refractivity contribution in [1.82, 2.24) is 4.98 Å². The van der Waals surface area contributed by atoms with E-state index in [-0.39, 0.29) is 5.54 Å². The molecule has 0 fully saturated rings. The highest BCUT2D eigenvalue weighted by Crippen LogP contribution is 2.32. The number of aromatic nitrogens is 1. The van der Waals surface area contributed by atoms with E-state index in [1.54, 1.807) is 0 Å². The lowest BCUT2D eigenvalue weighted by atomic mass is 9.93. The molecule has 0 bridgehead atoms. The van der Waals surface area contributed by atoms with Crippen LogP contribution >= 0.6 is 0 Å². The molecule has 3 nitrogen and oxygen atoms in total. The Bertz CT molecular complexity index is 535. The lowest BCUT2D eigenvalue weighted by Gasteiger charge is -2.19. The summed E-state index contributed by atoms with van der Waals surface area (Å²) < 4.78 is 5.54. The molecule has 0 spiro atoms. The predicted molar refractivity (Wildman–Crippen MR) is 71.4 cm³/mol. The van der Waals surface area contributed by atoms with Crippen LogP contribution in [0.25, 0.3) is 10.9 Å². The van der Waals surface area contributed by atoms with Gasteiger partial charge in [-0.05, 0) is 51.5 Å². The van der Waals surface area contributed by atoms with Crippen molar-refractivity contribution < 1.29 is 4.74 Å². The van der Waals surface area contributed by atoms with E-state index in [2.05, 4.69) is 18.0 Å². The van der Waals surface area contributed by atoms with Crippen molar-refractivity contribution in [3.8, 4) is 5.75 Å². The van der Waals surface area contributed by atoms with Crippen molar-refractivity contribution in [2.75, 3.05) is 6.61 Å². The molecule has 0 atom stereocenters. The van der Waals surface area contributed by atoms with Gasteiger partial charge in [-0.1, -0.05) is 0 Å². The van der Waals surface area contributed by atoms with Crippen molar-refractivity contribution >= 4 is 10.9 Å². The van der Waals surface area contributed by atoms with E-state index in [9.17, 15) is 0 Å². The van der Waals surface area contributed by atoms with Crippen molar-refractivity contribution in [1.29, 1.82) is 0 Å². The number of hydrogen-bond acceptors (Lipinski definition) is 2. The molecule has 0 aliphatic rings. The molecule has 0 unspecified atom stereocenters. The maximum Gasteiger partial charge on any atom is 0.120 e. The van der Waals surface area contributed by atoms with E-state index >= 15 is 0 Å². The number of nitrogens with one attached hydrogen (secondary N) is 1. The maximum absolute atomic E-state index is 6.23. The summed E-state index contributed by atoms with van der Waals surface area (Å²) in [6.07, 6.45) is 0. The molecule has 3 N–H and O–H groups in total. The zero-order chi connectivity index (χ0) is 12.6. The first-order chi connectivity index (χ1) is 7.93. The minimum absolute atomic E-state index is 0.354. The minimum Gasteiger partial charge on any atom is -0.494 e. The number of aromatic amines is 1. The fourth-order valence-corrected chi connectivity index (χ4v) is 2.39. The Labute approximate surface area is 102 Å². The Kier molecular flexibility index (Phi) is 2.87. The van der Waals surface area contributed by atoms with Gasteiger partial charge in [0.05, 0.1) is 6.61 Å². The van der Waals surface area contributed by atoms with E-state index < -0.39 is 0 Å². The molecule has 1 heterocycles. The topological polar surface area (TPSA) is 51.0 Å². The molecule has 2 rings (SSSR count). The summed E-state index contributed by atoms with van der Waals surface area (Å²) in [5, 5.41) is 1.15. The zero-order valence-electron chi connectivity index (χ0n) is 10.9. The molecule has 1 aromatic carbocycles. The van der Waals surface area contributed by atoms with Crippen LogP contribution in [0.5, 0.6) is 5.75 Å². The first kappa shape index (κ1) is 12.0. The Morgan fingerprint density at radius 1 is 1.35 bits per heavy atom. The van der Waals surface area contributed by atoms with Crippen molar-refractivity contribution in [3.05, 3.63) is 29.5 Å². The van der Waals surface area contributed by atoms with Gasteiger partial charge in [-0.25, -0.2) is 0 Å². The lowest BCUT2D eigenvalue weighted by molar-refractivity contribution is 0.340. The zero-order valence-corrected chi connectivity index (χ0v) is 10.9. The highest BCUT2D eigenvalue weighted by molar-refractivity contribution is 5.87. The van der Waals surface area contributed by atoms with Gasteiger partial charge in [0.25, 0.3) is 0 Å². The molecule has 0 aliphatic carbocycles. The first-order valence-corrected chi connectivity index (χ1v) is 5.98. The number of nitrogens with two attached hydrogens (primary N) is 1. The number of fused-ring (bicyclic) bond motifs is 1.